The molecule has 0 saturated heterocycles. The number of aromatic nitrogens is 1. The van der Waals surface area contributed by atoms with Crippen LogP contribution < -0.4 is 5.32 Å². The van der Waals surface area contributed by atoms with Crippen molar-refractivity contribution in [1.29, 1.82) is 0 Å². The van der Waals surface area contributed by atoms with Crippen molar-refractivity contribution in [3.8, 4) is 22.1 Å². The van der Waals surface area contributed by atoms with Gasteiger partial charge in [-0.1, -0.05) is 34.5 Å². The number of nitrogens with zero attached hydrogens (tertiary/aromatic N) is 1. The quantitative estimate of drug-likeness (QED) is 0.438. The number of furan rings is 2. The predicted molar refractivity (Wildman–Crippen MR) is 102 cm³/mol. The molecule has 1 amide bonds. The summed E-state index contributed by atoms with van der Waals surface area (Å²) in [5.74, 6) is 0.860. The van der Waals surface area contributed by atoms with Gasteiger partial charge in [0.05, 0.1) is 12.5 Å². The van der Waals surface area contributed by atoms with E-state index in [2.05, 4.69) is 10.3 Å². The second kappa shape index (κ2) is 6.99. The highest BCUT2D eigenvalue weighted by Crippen LogP contribution is 2.39. The molecule has 4 aromatic rings. The highest BCUT2D eigenvalue weighted by atomic mass is 35.5. The molecule has 8 heteroatoms. The van der Waals surface area contributed by atoms with Crippen molar-refractivity contribution in [3.63, 3.8) is 0 Å². The topological polar surface area (TPSA) is 68.3 Å². The van der Waals surface area contributed by atoms with E-state index >= 15 is 0 Å². The molecule has 0 saturated carbocycles. The Bertz CT molecular complexity index is 985. The number of carbonyl (C=O) groups excluding carboxylic acids is 1. The summed E-state index contributed by atoms with van der Waals surface area (Å²) in [5, 5.41) is 3.94. The lowest BCUT2D eigenvalue weighted by atomic mass is 10.2. The number of halogens is 2. The van der Waals surface area contributed by atoms with Crippen molar-refractivity contribution in [3.05, 3.63) is 70.6 Å². The summed E-state index contributed by atoms with van der Waals surface area (Å²) in [6, 6.07) is 11.8. The van der Waals surface area contributed by atoms with Crippen LogP contribution in [-0.4, -0.2) is 10.9 Å². The molecule has 0 spiro atoms. The van der Waals surface area contributed by atoms with Crippen LogP contribution in [0, 0.1) is 0 Å². The first kappa shape index (κ1) is 16.9. The summed E-state index contributed by atoms with van der Waals surface area (Å²) >= 11 is 13.2. The molecule has 0 aliphatic rings. The largest absolute Gasteiger partial charge is 0.463 e. The van der Waals surface area contributed by atoms with Gasteiger partial charge in [0.15, 0.2) is 10.9 Å². The number of hydrogen-bond donors (Lipinski definition) is 1. The molecule has 0 unspecified atom stereocenters. The lowest BCUT2D eigenvalue weighted by Gasteiger charge is -2.03. The molecule has 0 fully saturated rings. The highest BCUT2D eigenvalue weighted by molar-refractivity contribution is 7.19. The van der Waals surface area contributed by atoms with E-state index in [9.17, 15) is 4.79 Å². The number of benzene rings is 1. The lowest BCUT2D eigenvalue weighted by molar-refractivity contribution is 0.102. The number of amides is 1. The molecule has 3 heterocycles. The van der Waals surface area contributed by atoms with Gasteiger partial charge in [-0.05, 0) is 42.5 Å². The molecule has 1 aromatic carbocycles. The molecule has 26 heavy (non-hydrogen) atoms. The van der Waals surface area contributed by atoms with E-state index in [1.165, 1.54) is 23.5 Å². The smallest absolute Gasteiger partial charge is 0.257 e. The Morgan fingerprint density at radius 1 is 1.00 bits per heavy atom. The fourth-order valence-electron chi connectivity index (χ4n) is 2.38. The van der Waals surface area contributed by atoms with Crippen LogP contribution in [0.25, 0.3) is 22.1 Å². The van der Waals surface area contributed by atoms with Gasteiger partial charge in [-0.25, -0.2) is 4.98 Å². The van der Waals surface area contributed by atoms with Gasteiger partial charge in [-0.3, -0.25) is 10.1 Å². The first-order chi connectivity index (χ1) is 12.6. The van der Waals surface area contributed by atoms with Crippen molar-refractivity contribution < 1.29 is 13.6 Å². The Morgan fingerprint density at radius 3 is 2.27 bits per heavy atom. The van der Waals surface area contributed by atoms with Crippen molar-refractivity contribution >= 4 is 45.6 Å². The van der Waals surface area contributed by atoms with E-state index < -0.39 is 0 Å². The zero-order valence-electron chi connectivity index (χ0n) is 13.0. The van der Waals surface area contributed by atoms with Gasteiger partial charge in [0.1, 0.15) is 16.3 Å². The fraction of sp³-hybridized carbons (Fsp3) is 0. The van der Waals surface area contributed by atoms with Crippen molar-refractivity contribution in [2.24, 2.45) is 0 Å². The van der Waals surface area contributed by atoms with E-state index in [-0.39, 0.29) is 5.91 Å². The first-order valence-corrected chi connectivity index (χ1v) is 9.03. The third-order valence-electron chi connectivity index (χ3n) is 3.47. The molecule has 1 N–H and O–H groups in total. The van der Waals surface area contributed by atoms with Crippen LogP contribution >= 0.6 is 34.5 Å². The molecule has 0 radical (unpaired) electrons. The minimum atomic E-state index is -0.361. The van der Waals surface area contributed by atoms with Gasteiger partial charge < -0.3 is 8.83 Å². The van der Waals surface area contributed by atoms with Gasteiger partial charge in [-0.15, -0.1) is 0 Å². The van der Waals surface area contributed by atoms with Crippen molar-refractivity contribution in [2.45, 2.75) is 0 Å². The molecule has 0 aliphatic heterocycles. The predicted octanol–water partition coefficient (Wildman–Crippen LogP) is 6.22. The Kier molecular flexibility index (Phi) is 4.55. The van der Waals surface area contributed by atoms with Gasteiger partial charge in [0.2, 0.25) is 0 Å². The number of thiazole rings is 1. The average Bonchev–Trinajstić information content (AvgIpc) is 3.34. The SMILES string of the molecule is O=C(Nc1nc(-c2ccco2)c(-c2ccco2)s1)c1cc(Cl)cc(Cl)c1. The number of hydrogen-bond acceptors (Lipinski definition) is 5. The molecule has 0 bridgehead atoms. The summed E-state index contributed by atoms with van der Waals surface area (Å²) in [6.45, 7) is 0. The monoisotopic (exact) mass is 404 g/mol. The first-order valence-electron chi connectivity index (χ1n) is 7.46. The highest BCUT2D eigenvalue weighted by Gasteiger charge is 2.20. The normalized spacial score (nSPS) is 10.8. The zero-order chi connectivity index (χ0) is 18.1. The summed E-state index contributed by atoms with van der Waals surface area (Å²) in [7, 11) is 0. The van der Waals surface area contributed by atoms with E-state index in [4.69, 9.17) is 32.0 Å². The lowest BCUT2D eigenvalue weighted by Crippen LogP contribution is -2.11. The van der Waals surface area contributed by atoms with Crippen molar-refractivity contribution in [2.75, 3.05) is 5.32 Å². The Hall–Kier alpha value is -2.54. The van der Waals surface area contributed by atoms with E-state index in [0.29, 0.717) is 38.0 Å². The Balaban J connectivity index is 1.69. The maximum Gasteiger partial charge on any atom is 0.257 e. The molecule has 0 atom stereocenters. The maximum absolute atomic E-state index is 12.5. The summed E-state index contributed by atoms with van der Waals surface area (Å²) in [5.41, 5.74) is 0.936. The van der Waals surface area contributed by atoms with Gasteiger partial charge >= 0.3 is 0 Å². The Labute approximate surface area is 162 Å². The van der Waals surface area contributed by atoms with Crippen molar-refractivity contribution in [1.82, 2.24) is 4.98 Å². The number of nitrogens with one attached hydrogen (secondary N) is 1. The molecule has 3 aromatic heterocycles. The zero-order valence-corrected chi connectivity index (χ0v) is 15.4. The molecular formula is C18H10Cl2N2O3S. The minimum Gasteiger partial charge on any atom is -0.463 e. The van der Waals surface area contributed by atoms with Crippen LogP contribution in [0.4, 0.5) is 5.13 Å². The number of rotatable bonds is 4. The van der Waals surface area contributed by atoms with Crippen LogP contribution in [0.1, 0.15) is 10.4 Å². The second-order valence-corrected chi connectivity index (χ2v) is 7.14. The summed E-state index contributed by atoms with van der Waals surface area (Å²) in [6.07, 6.45) is 3.14. The van der Waals surface area contributed by atoms with Crippen LogP contribution in [0.15, 0.2) is 63.8 Å². The van der Waals surface area contributed by atoms with E-state index in [1.807, 2.05) is 6.07 Å². The van der Waals surface area contributed by atoms with E-state index in [1.54, 1.807) is 36.8 Å². The summed E-state index contributed by atoms with van der Waals surface area (Å²) in [4.78, 5) is 17.7. The molecular weight excluding hydrogens is 395 g/mol. The Morgan fingerprint density at radius 2 is 1.65 bits per heavy atom. The molecule has 130 valence electrons. The van der Waals surface area contributed by atoms with Gasteiger partial charge in [0.25, 0.3) is 5.91 Å². The number of carbonyl (C=O) groups is 1. The van der Waals surface area contributed by atoms with Gasteiger partial charge in [0, 0.05) is 15.6 Å². The average molecular weight is 405 g/mol. The summed E-state index contributed by atoms with van der Waals surface area (Å²) < 4.78 is 10.9. The third kappa shape index (κ3) is 3.39. The fourth-order valence-corrected chi connectivity index (χ4v) is 3.84. The van der Waals surface area contributed by atoms with Crippen LogP contribution in [0.3, 0.4) is 0 Å². The van der Waals surface area contributed by atoms with E-state index in [0.717, 1.165) is 4.88 Å². The van der Waals surface area contributed by atoms with Crippen LogP contribution in [0.5, 0.6) is 0 Å². The van der Waals surface area contributed by atoms with Gasteiger partial charge in [-0.2, -0.15) is 0 Å². The molecule has 5 nitrogen and oxygen atoms in total. The van der Waals surface area contributed by atoms with Crippen LogP contribution in [-0.2, 0) is 0 Å². The molecule has 0 aliphatic carbocycles. The third-order valence-corrected chi connectivity index (χ3v) is 4.89. The number of anilines is 1. The van der Waals surface area contributed by atoms with Crippen LogP contribution in [0.2, 0.25) is 10.0 Å². The minimum absolute atomic E-state index is 0.344. The molecule has 4 rings (SSSR count). The maximum atomic E-state index is 12.5. The second-order valence-electron chi connectivity index (χ2n) is 5.26. The standard InChI is InChI=1S/C18H10Cl2N2O3S/c19-11-7-10(8-12(20)9-11)17(23)22-18-21-15(13-3-1-5-24-13)16(26-18)14-4-2-6-25-14/h1-9H,(H,21,22,23).